The average Bonchev–Trinajstić information content (AvgIpc) is 2.12. The van der Waals surface area contributed by atoms with E-state index in [9.17, 15) is 0 Å². The van der Waals surface area contributed by atoms with E-state index < -0.39 is 0 Å². The van der Waals surface area contributed by atoms with E-state index in [4.69, 9.17) is 0 Å². The minimum Gasteiger partial charge on any atom is -0.362 e. The molecule has 15 heavy (non-hydrogen) atoms. The lowest BCUT2D eigenvalue weighted by molar-refractivity contribution is 0.269. The maximum Gasteiger partial charge on any atom is 0.156 e. The second kappa shape index (κ2) is 5.24. The Hall–Kier alpha value is -0.180. The highest BCUT2D eigenvalue weighted by Crippen LogP contribution is 2.25. The Morgan fingerprint density at radius 1 is 1.53 bits per heavy atom. The minimum absolute atomic E-state index is 0.356. The summed E-state index contributed by atoms with van der Waals surface area (Å²) in [5.74, 6) is 1.83. The summed E-state index contributed by atoms with van der Waals surface area (Å²) in [6.07, 6.45) is 1.25. The van der Waals surface area contributed by atoms with Crippen molar-refractivity contribution < 1.29 is 0 Å². The molecule has 0 aliphatic carbocycles. The zero-order valence-corrected chi connectivity index (χ0v) is 11.4. The first kappa shape index (κ1) is 12.9. The molecule has 1 heterocycles. The molecule has 1 N–H and O–H groups in total. The molecule has 1 aliphatic heterocycles. The fourth-order valence-electron chi connectivity index (χ4n) is 1.24. The van der Waals surface area contributed by atoms with Gasteiger partial charge in [0.2, 0.25) is 0 Å². The van der Waals surface area contributed by atoms with Crippen LogP contribution in [0.1, 0.15) is 41.0 Å². The normalized spacial score (nSPS) is 27.5. The van der Waals surface area contributed by atoms with Crippen molar-refractivity contribution >= 4 is 16.9 Å². The van der Waals surface area contributed by atoms with Crippen LogP contribution >= 0.6 is 11.8 Å². The van der Waals surface area contributed by atoms with Gasteiger partial charge in [0.15, 0.2) is 5.17 Å². The average molecular weight is 228 g/mol. The predicted octanol–water partition coefficient (Wildman–Crippen LogP) is 3.14. The molecule has 0 aromatic carbocycles. The van der Waals surface area contributed by atoms with Gasteiger partial charge in [0, 0.05) is 18.3 Å². The van der Waals surface area contributed by atoms with E-state index in [1.807, 2.05) is 11.8 Å². The molecule has 1 rings (SSSR count). The fourth-order valence-corrected chi connectivity index (χ4v) is 2.36. The summed E-state index contributed by atoms with van der Waals surface area (Å²) in [7, 11) is 0. The number of hydrogen-bond acceptors (Lipinski definition) is 2. The van der Waals surface area contributed by atoms with Crippen molar-refractivity contribution in [2.75, 3.05) is 12.3 Å². The SMILES string of the molecule is CC1CCSC(=NCC(C)C(C)(C)C)N1. The van der Waals surface area contributed by atoms with Crippen LogP contribution < -0.4 is 5.32 Å². The third-order valence-electron chi connectivity index (χ3n) is 3.15. The van der Waals surface area contributed by atoms with E-state index in [-0.39, 0.29) is 0 Å². The van der Waals surface area contributed by atoms with Gasteiger partial charge in [-0.2, -0.15) is 0 Å². The molecule has 0 aromatic rings. The number of amidine groups is 1. The summed E-state index contributed by atoms with van der Waals surface area (Å²) in [6.45, 7) is 12.3. The van der Waals surface area contributed by atoms with Crippen LogP contribution in [0.4, 0.5) is 0 Å². The van der Waals surface area contributed by atoms with E-state index in [2.05, 4.69) is 44.9 Å². The standard InChI is InChI=1S/C12H24N2S/c1-9(12(3,4)5)8-13-11-14-10(2)6-7-15-11/h9-10H,6-8H2,1-5H3,(H,13,14). The Labute approximate surface area is 98.3 Å². The lowest BCUT2D eigenvalue weighted by Crippen LogP contribution is -2.36. The summed E-state index contributed by atoms with van der Waals surface area (Å²) in [4.78, 5) is 4.67. The van der Waals surface area contributed by atoms with Gasteiger partial charge >= 0.3 is 0 Å². The van der Waals surface area contributed by atoms with Crippen molar-refractivity contribution in [3.63, 3.8) is 0 Å². The van der Waals surface area contributed by atoms with Gasteiger partial charge in [-0.3, -0.25) is 4.99 Å². The van der Waals surface area contributed by atoms with Crippen LogP contribution in [0.2, 0.25) is 0 Å². The first-order chi connectivity index (χ1) is 6.89. The highest BCUT2D eigenvalue weighted by molar-refractivity contribution is 8.13. The van der Waals surface area contributed by atoms with Crippen LogP contribution in [0.15, 0.2) is 4.99 Å². The molecule has 2 unspecified atom stereocenters. The second-order valence-corrected chi connectivity index (χ2v) is 6.68. The molecule has 0 bridgehead atoms. The molecule has 0 amide bonds. The lowest BCUT2D eigenvalue weighted by Gasteiger charge is -2.27. The molecule has 0 radical (unpaired) electrons. The zero-order chi connectivity index (χ0) is 11.5. The van der Waals surface area contributed by atoms with Gasteiger partial charge in [-0.05, 0) is 24.7 Å². The molecule has 3 heteroatoms. The van der Waals surface area contributed by atoms with Crippen molar-refractivity contribution in [3.05, 3.63) is 0 Å². The first-order valence-corrected chi connectivity index (χ1v) is 6.82. The van der Waals surface area contributed by atoms with Crippen LogP contribution in [0.25, 0.3) is 0 Å². The smallest absolute Gasteiger partial charge is 0.156 e. The van der Waals surface area contributed by atoms with Crippen molar-refractivity contribution in [2.45, 2.75) is 47.1 Å². The van der Waals surface area contributed by atoms with Gasteiger partial charge < -0.3 is 5.32 Å². The maximum atomic E-state index is 4.67. The van der Waals surface area contributed by atoms with Crippen LogP contribution in [0.5, 0.6) is 0 Å². The molecule has 0 saturated carbocycles. The monoisotopic (exact) mass is 228 g/mol. The number of rotatable bonds is 2. The minimum atomic E-state index is 0.356. The third kappa shape index (κ3) is 4.45. The topological polar surface area (TPSA) is 24.4 Å². The second-order valence-electron chi connectivity index (χ2n) is 5.60. The number of aliphatic imine (C=N–C) groups is 1. The van der Waals surface area contributed by atoms with Gasteiger partial charge in [-0.25, -0.2) is 0 Å². The van der Waals surface area contributed by atoms with Gasteiger partial charge in [0.25, 0.3) is 0 Å². The molecule has 1 aliphatic rings. The van der Waals surface area contributed by atoms with E-state index in [1.165, 1.54) is 12.2 Å². The Balaban J connectivity index is 2.43. The fraction of sp³-hybridized carbons (Fsp3) is 0.917. The van der Waals surface area contributed by atoms with Crippen molar-refractivity contribution in [1.29, 1.82) is 0 Å². The molecule has 2 nitrogen and oxygen atoms in total. The van der Waals surface area contributed by atoms with Gasteiger partial charge in [-0.15, -0.1) is 0 Å². The number of nitrogens with zero attached hydrogens (tertiary/aromatic N) is 1. The molecule has 0 aromatic heterocycles. The molecule has 88 valence electrons. The number of hydrogen-bond donors (Lipinski definition) is 1. The molecular weight excluding hydrogens is 204 g/mol. The molecular formula is C12H24N2S. The van der Waals surface area contributed by atoms with Crippen LogP contribution in [0, 0.1) is 11.3 Å². The van der Waals surface area contributed by atoms with Crippen LogP contribution in [-0.2, 0) is 0 Å². The van der Waals surface area contributed by atoms with Crippen molar-refractivity contribution in [2.24, 2.45) is 16.3 Å². The number of thioether (sulfide) groups is 1. The van der Waals surface area contributed by atoms with Crippen molar-refractivity contribution in [3.8, 4) is 0 Å². The summed E-state index contributed by atoms with van der Waals surface area (Å²) in [5.41, 5.74) is 0.356. The van der Waals surface area contributed by atoms with E-state index in [0.29, 0.717) is 17.4 Å². The summed E-state index contributed by atoms with van der Waals surface area (Å²) in [6, 6.07) is 0.593. The zero-order valence-electron chi connectivity index (χ0n) is 10.6. The third-order valence-corrected chi connectivity index (χ3v) is 4.11. The number of nitrogens with one attached hydrogen (secondary N) is 1. The maximum absolute atomic E-state index is 4.67. The van der Waals surface area contributed by atoms with E-state index in [1.54, 1.807) is 0 Å². The Bertz CT molecular complexity index is 230. The quantitative estimate of drug-likeness (QED) is 0.785. The molecule has 1 fully saturated rings. The summed E-state index contributed by atoms with van der Waals surface area (Å²) in [5, 5.41) is 4.58. The first-order valence-electron chi connectivity index (χ1n) is 5.83. The van der Waals surface area contributed by atoms with Crippen molar-refractivity contribution in [1.82, 2.24) is 5.32 Å². The highest BCUT2D eigenvalue weighted by atomic mass is 32.2. The van der Waals surface area contributed by atoms with Crippen LogP contribution in [-0.4, -0.2) is 23.5 Å². The van der Waals surface area contributed by atoms with E-state index >= 15 is 0 Å². The molecule has 0 spiro atoms. The van der Waals surface area contributed by atoms with Gasteiger partial charge in [-0.1, -0.05) is 39.5 Å². The molecule has 2 atom stereocenters. The van der Waals surface area contributed by atoms with E-state index in [0.717, 1.165) is 11.7 Å². The largest absolute Gasteiger partial charge is 0.362 e. The predicted molar refractivity (Wildman–Crippen MR) is 70.6 cm³/mol. The lowest BCUT2D eigenvalue weighted by atomic mass is 9.82. The summed E-state index contributed by atoms with van der Waals surface area (Å²) < 4.78 is 0. The Morgan fingerprint density at radius 2 is 2.20 bits per heavy atom. The summed E-state index contributed by atoms with van der Waals surface area (Å²) >= 11 is 1.86. The molecule has 1 saturated heterocycles. The Kier molecular flexibility index (Phi) is 4.50. The Morgan fingerprint density at radius 3 is 2.73 bits per heavy atom. The highest BCUT2D eigenvalue weighted by Gasteiger charge is 2.20. The van der Waals surface area contributed by atoms with Gasteiger partial charge in [0.05, 0.1) is 0 Å². The van der Waals surface area contributed by atoms with Crippen LogP contribution in [0.3, 0.4) is 0 Å². The van der Waals surface area contributed by atoms with Gasteiger partial charge in [0.1, 0.15) is 0 Å².